The number of likely N-dealkylation sites (tertiary alicyclic amines) is 1. The van der Waals surface area contributed by atoms with Crippen LogP contribution in [0.1, 0.15) is 30.6 Å². The summed E-state index contributed by atoms with van der Waals surface area (Å²) in [7, 11) is 0. The van der Waals surface area contributed by atoms with Gasteiger partial charge in [0.2, 0.25) is 0 Å². The molecule has 1 aliphatic rings. The topological polar surface area (TPSA) is 84.2 Å². The summed E-state index contributed by atoms with van der Waals surface area (Å²) in [4.78, 5) is 2.02. The van der Waals surface area contributed by atoms with Gasteiger partial charge < -0.3 is 20.4 Å². The van der Waals surface area contributed by atoms with Crippen LogP contribution in [0.2, 0.25) is 0 Å². The van der Waals surface area contributed by atoms with Crippen LogP contribution in [0.5, 0.6) is 0 Å². The molecule has 0 spiro atoms. The number of benzene rings is 1. The molecule has 1 heterocycles. The third kappa shape index (κ3) is 4.25. The molecule has 0 saturated carbocycles. The molecular formula is C16H25NO4. The first-order valence-corrected chi connectivity index (χ1v) is 7.47. The van der Waals surface area contributed by atoms with E-state index in [9.17, 15) is 15.3 Å². The molecule has 0 aromatic heterocycles. The zero-order chi connectivity index (χ0) is 15.4. The van der Waals surface area contributed by atoms with Gasteiger partial charge in [-0.25, -0.2) is 0 Å². The highest BCUT2D eigenvalue weighted by molar-refractivity contribution is 5.24. The second kappa shape index (κ2) is 7.33. The summed E-state index contributed by atoms with van der Waals surface area (Å²) in [6.45, 7) is 3.63. The zero-order valence-corrected chi connectivity index (χ0v) is 12.4. The molecule has 5 nitrogen and oxygen atoms in total. The smallest absolute Gasteiger partial charge is 0.0840 e. The molecule has 1 fully saturated rings. The molecule has 5 heteroatoms. The number of β-amino-alcohol motifs (C(OH)–C–C–N with tert-alkyl or cyclic N) is 2. The van der Waals surface area contributed by atoms with E-state index >= 15 is 0 Å². The molecule has 0 radical (unpaired) electrons. The molecule has 4 N–H and O–H groups in total. The normalized spacial score (nSPS) is 24.0. The quantitative estimate of drug-likeness (QED) is 0.606. The Morgan fingerprint density at radius 2 is 1.90 bits per heavy atom. The first-order valence-electron chi connectivity index (χ1n) is 7.47. The number of aliphatic hydroxyl groups excluding tert-OH is 4. The van der Waals surface area contributed by atoms with Crippen molar-refractivity contribution in [3.05, 3.63) is 35.4 Å². The Morgan fingerprint density at radius 1 is 1.24 bits per heavy atom. The summed E-state index contributed by atoms with van der Waals surface area (Å²) >= 11 is 0. The predicted molar refractivity (Wildman–Crippen MR) is 79.6 cm³/mol. The van der Waals surface area contributed by atoms with Gasteiger partial charge in [0.15, 0.2) is 0 Å². The lowest BCUT2D eigenvalue weighted by atomic mass is 9.92. The van der Waals surface area contributed by atoms with Gasteiger partial charge in [0.25, 0.3) is 0 Å². The van der Waals surface area contributed by atoms with Crippen molar-refractivity contribution in [3.8, 4) is 0 Å². The van der Waals surface area contributed by atoms with Crippen molar-refractivity contribution in [1.82, 2.24) is 4.90 Å². The number of hydrogen-bond donors (Lipinski definition) is 4. The Kier molecular flexibility index (Phi) is 5.72. The minimum atomic E-state index is -0.750. The zero-order valence-electron chi connectivity index (χ0n) is 12.4. The van der Waals surface area contributed by atoms with Gasteiger partial charge in [-0.05, 0) is 17.5 Å². The lowest BCUT2D eigenvalue weighted by molar-refractivity contribution is 0.00364. The third-order valence-corrected chi connectivity index (χ3v) is 4.30. The molecule has 1 aromatic carbocycles. The number of hydrogen-bond acceptors (Lipinski definition) is 5. The van der Waals surface area contributed by atoms with Gasteiger partial charge in [-0.2, -0.15) is 0 Å². The van der Waals surface area contributed by atoms with E-state index in [4.69, 9.17) is 5.11 Å². The molecule has 0 aliphatic carbocycles. The Balaban J connectivity index is 1.92. The maximum atomic E-state index is 10.4. The van der Waals surface area contributed by atoms with Gasteiger partial charge in [-0.3, -0.25) is 4.90 Å². The predicted octanol–water partition coefficient (Wildman–Crippen LogP) is 0.276. The highest BCUT2D eigenvalue weighted by Gasteiger charge is 2.28. The van der Waals surface area contributed by atoms with Crippen molar-refractivity contribution < 1.29 is 20.4 Å². The lowest BCUT2D eigenvalue weighted by Gasteiger charge is -2.28. The van der Waals surface area contributed by atoms with Crippen molar-refractivity contribution in [3.63, 3.8) is 0 Å². The summed E-state index contributed by atoms with van der Waals surface area (Å²) in [5.74, 6) is -0.303. The molecular weight excluding hydrogens is 270 g/mol. The molecule has 4 atom stereocenters. The Hall–Kier alpha value is -0.980. The van der Waals surface area contributed by atoms with E-state index in [1.54, 1.807) is 24.3 Å². The van der Waals surface area contributed by atoms with Crippen LogP contribution >= 0.6 is 0 Å². The van der Waals surface area contributed by atoms with E-state index in [2.05, 4.69) is 0 Å². The molecule has 0 bridgehead atoms. The summed E-state index contributed by atoms with van der Waals surface area (Å²) in [6.07, 6.45) is -0.960. The van der Waals surface area contributed by atoms with Crippen LogP contribution in [0.15, 0.2) is 24.3 Å². The maximum absolute atomic E-state index is 10.4. The molecule has 0 amide bonds. The van der Waals surface area contributed by atoms with E-state index in [1.807, 2.05) is 11.8 Å². The Morgan fingerprint density at radius 3 is 2.43 bits per heavy atom. The van der Waals surface area contributed by atoms with Crippen molar-refractivity contribution in [1.29, 1.82) is 0 Å². The van der Waals surface area contributed by atoms with Crippen molar-refractivity contribution in [2.24, 2.45) is 5.92 Å². The highest BCUT2D eigenvalue weighted by Crippen LogP contribution is 2.26. The number of rotatable bonds is 6. The van der Waals surface area contributed by atoms with Crippen LogP contribution in [0, 0.1) is 5.92 Å². The third-order valence-electron chi connectivity index (χ3n) is 4.30. The first-order chi connectivity index (χ1) is 10.0. The fourth-order valence-electron chi connectivity index (χ4n) is 2.74. The fourth-order valence-corrected chi connectivity index (χ4v) is 2.74. The standard InChI is InChI=1S/C16H25NO4/c1-11(15(20)9-17-7-6-14(19)8-17)16(21)13-4-2-12(10-18)3-5-13/h2-5,11,14-16,18-21H,6-10H2,1H3. The second-order valence-electron chi connectivity index (χ2n) is 5.97. The van der Waals surface area contributed by atoms with E-state index in [-0.39, 0.29) is 18.6 Å². The molecule has 1 aliphatic heterocycles. The summed E-state index contributed by atoms with van der Waals surface area (Å²) in [5.41, 5.74) is 1.53. The van der Waals surface area contributed by atoms with Crippen molar-refractivity contribution in [2.45, 2.75) is 38.3 Å². The molecule has 118 valence electrons. The molecule has 1 saturated heterocycles. The van der Waals surface area contributed by atoms with Crippen LogP contribution in [0.4, 0.5) is 0 Å². The monoisotopic (exact) mass is 295 g/mol. The van der Waals surface area contributed by atoms with Crippen molar-refractivity contribution >= 4 is 0 Å². The average molecular weight is 295 g/mol. The van der Waals surface area contributed by atoms with E-state index in [1.165, 1.54) is 0 Å². The van der Waals surface area contributed by atoms with E-state index in [0.29, 0.717) is 13.1 Å². The maximum Gasteiger partial charge on any atom is 0.0840 e. The van der Waals surface area contributed by atoms with Gasteiger partial charge in [0, 0.05) is 25.6 Å². The fraction of sp³-hybridized carbons (Fsp3) is 0.625. The SMILES string of the molecule is CC(C(O)CN1CCC(O)C1)C(O)c1ccc(CO)cc1. The summed E-state index contributed by atoms with van der Waals surface area (Å²) in [6, 6.07) is 7.10. The molecule has 2 rings (SSSR count). The summed E-state index contributed by atoms with van der Waals surface area (Å²) in [5, 5.41) is 39.1. The lowest BCUT2D eigenvalue weighted by Crippen LogP contribution is -2.37. The van der Waals surface area contributed by atoms with Gasteiger partial charge >= 0.3 is 0 Å². The molecule has 21 heavy (non-hydrogen) atoms. The van der Waals surface area contributed by atoms with Crippen LogP contribution in [-0.4, -0.2) is 57.2 Å². The van der Waals surface area contributed by atoms with E-state index < -0.39 is 12.2 Å². The minimum absolute atomic E-state index is 0.0220. The molecule has 4 unspecified atom stereocenters. The Labute approximate surface area is 125 Å². The van der Waals surface area contributed by atoms with Gasteiger partial charge in [-0.15, -0.1) is 0 Å². The van der Waals surface area contributed by atoms with Crippen LogP contribution in [0.3, 0.4) is 0 Å². The first kappa shape index (κ1) is 16.4. The van der Waals surface area contributed by atoms with Crippen LogP contribution in [-0.2, 0) is 6.61 Å². The molecule has 1 aromatic rings. The van der Waals surface area contributed by atoms with Crippen LogP contribution in [0.25, 0.3) is 0 Å². The number of aliphatic hydroxyl groups is 4. The van der Waals surface area contributed by atoms with Crippen LogP contribution < -0.4 is 0 Å². The summed E-state index contributed by atoms with van der Waals surface area (Å²) < 4.78 is 0. The van der Waals surface area contributed by atoms with Gasteiger partial charge in [-0.1, -0.05) is 31.2 Å². The minimum Gasteiger partial charge on any atom is -0.392 e. The second-order valence-corrected chi connectivity index (χ2v) is 5.97. The number of nitrogens with zero attached hydrogens (tertiary/aromatic N) is 1. The highest BCUT2D eigenvalue weighted by atomic mass is 16.3. The average Bonchev–Trinajstić information content (AvgIpc) is 2.90. The van der Waals surface area contributed by atoms with Crippen molar-refractivity contribution in [2.75, 3.05) is 19.6 Å². The van der Waals surface area contributed by atoms with Gasteiger partial charge in [0.05, 0.1) is 24.9 Å². The van der Waals surface area contributed by atoms with E-state index in [0.717, 1.165) is 24.1 Å². The largest absolute Gasteiger partial charge is 0.392 e. The Bertz CT molecular complexity index is 436. The van der Waals surface area contributed by atoms with Gasteiger partial charge in [0.1, 0.15) is 0 Å².